The van der Waals surface area contributed by atoms with E-state index in [-0.39, 0.29) is 0 Å². The average molecular weight is 97.1 g/mol. The fraction of sp³-hybridized carbons (Fsp3) is 0.833. The molecule has 2 saturated heterocycles. The van der Waals surface area contributed by atoms with E-state index < -0.39 is 0 Å². The van der Waals surface area contributed by atoms with E-state index in [1.54, 1.807) is 0 Å². The highest BCUT2D eigenvalue weighted by Crippen LogP contribution is 2.32. The molecular weight excluding hydrogens is 88.1 g/mol. The van der Waals surface area contributed by atoms with Crippen LogP contribution < -0.4 is 0 Å². The molecule has 2 aliphatic rings. The highest BCUT2D eigenvalue weighted by atomic mass is 16.5. The van der Waals surface area contributed by atoms with Gasteiger partial charge in [0.15, 0.2) is 0 Å². The van der Waals surface area contributed by atoms with Crippen molar-refractivity contribution in [2.75, 3.05) is 0 Å². The molecule has 1 heteroatoms. The Morgan fingerprint density at radius 1 is 1.43 bits per heavy atom. The SMILES string of the molecule is [CH]1C[C@H]2CC[C@@H]1O2. The zero-order valence-corrected chi connectivity index (χ0v) is 4.26. The molecular formula is C6H9O. The first-order chi connectivity index (χ1) is 3.45. The number of hydrogen-bond acceptors (Lipinski definition) is 1. The number of hydrogen-bond donors (Lipinski definition) is 0. The molecule has 2 aliphatic heterocycles. The van der Waals surface area contributed by atoms with Crippen LogP contribution in [0.3, 0.4) is 0 Å². The third kappa shape index (κ3) is 0.480. The summed E-state index contributed by atoms with van der Waals surface area (Å²) in [5, 5.41) is 0. The standard InChI is InChI=1S/C6H9O/c1-2-6-4-3-5(1)7-6/h1,5-6H,2-4H2/t5-,6+/m1/s1. The predicted molar refractivity (Wildman–Crippen MR) is 26.8 cm³/mol. The van der Waals surface area contributed by atoms with Crippen LogP contribution in [0.25, 0.3) is 0 Å². The zero-order chi connectivity index (χ0) is 4.69. The van der Waals surface area contributed by atoms with Gasteiger partial charge in [0, 0.05) is 0 Å². The Labute approximate surface area is 43.7 Å². The van der Waals surface area contributed by atoms with Crippen molar-refractivity contribution in [1.82, 2.24) is 0 Å². The van der Waals surface area contributed by atoms with Crippen molar-refractivity contribution in [2.45, 2.75) is 31.5 Å². The van der Waals surface area contributed by atoms with Gasteiger partial charge in [-0.25, -0.2) is 0 Å². The molecule has 0 aromatic heterocycles. The molecule has 0 aromatic rings. The van der Waals surface area contributed by atoms with Crippen LogP contribution in [-0.4, -0.2) is 12.2 Å². The van der Waals surface area contributed by atoms with Crippen LogP contribution in [0.5, 0.6) is 0 Å². The maximum Gasteiger partial charge on any atom is 0.0612 e. The van der Waals surface area contributed by atoms with Gasteiger partial charge in [-0.05, 0) is 25.7 Å². The summed E-state index contributed by atoms with van der Waals surface area (Å²) < 4.78 is 5.42. The molecule has 2 atom stereocenters. The quantitative estimate of drug-likeness (QED) is 0.440. The van der Waals surface area contributed by atoms with Crippen LogP contribution in [-0.2, 0) is 4.74 Å². The van der Waals surface area contributed by atoms with Crippen LogP contribution in [0.1, 0.15) is 19.3 Å². The second kappa shape index (κ2) is 1.22. The summed E-state index contributed by atoms with van der Waals surface area (Å²) in [5.74, 6) is 0. The van der Waals surface area contributed by atoms with Gasteiger partial charge < -0.3 is 4.74 Å². The van der Waals surface area contributed by atoms with Gasteiger partial charge in [0.2, 0.25) is 0 Å². The first kappa shape index (κ1) is 3.90. The van der Waals surface area contributed by atoms with Crippen LogP contribution in [0.2, 0.25) is 0 Å². The monoisotopic (exact) mass is 97.1 g/mol. The molecule has 0 unspecified atom stereocenters. The molecule has 0 amide bonds. The lowest BCUT2D eigenvalue weighted by Gasteiger charge is -1.99. The Morgan fingerprint density at radius 2 is 2.43 bits per heavy atom. The molecule has 2 heterocycles. The van der Waals surface area contributed by atoms with E-state index >= 15 is 0 Å². The molecule has 2 rings (SSSR count). The number of rotatable bonds is 0. The van der Waals surface area contributed by atoms with Gasteiger partial charge in [-0.2, -0.15) is 0 Å². The number of ether oxygens (including phenoxy) is 1. The third-order valence-corrected chi connectivity index (χ3v) is 1.80. The molecule has 0 aromatic carbocycles. The van der Waals surface area contributed by atoms with Crippen molar-refractivity contribution in [3.8, 4) is 0 Å². The first-order valence-electron chi connectivity index (χ1n) is 2.94. The van der Waals surface area contributed by atoms with Crippen LogP contribution in [0, 0.1) is 6.42 Å². The van der Waals surface area contributed by atoms with E-state index in [1.807, 2.05) is 0 Å². The molecule has 1 radical (unpaired) electrons. The maximum absolute atomic E-state index is 5.42. The van der Waals surface area contributed by atoms with E-state index in [1.165, 1.54) is 19.3 Å². The van der Waals surface area contributed by atoms with E-state index in [4.69, 9.17) is 4.74 Å². The molecule has 2 fully saturated rings. The summed E-state index contributed by atoms with van der Waals surface area (Å²) in [6.45, 7) is 0. The van der Waals surface area contributed by atoms with Gasteiger partial charge in [0.25, 0.3) is 0 Å². The Balaban J connectivity index is 2.12. The van der Waals surface area contributed by atoms with Gasteiger partial charge in [-0.3, -0.25) is 0 Å². The Morgan fingerprint density at radius 3 is 2.57 bits per heavy atom. The Kier molecular flexibility index (Phi) is 0.680. The molecule has 2 bridgehead atoms. The van der Waals surface area contributed by atoms with Crippen LogP contribution in [0.4, 0.5) is 0 Å². The molecule has 39 valence electrons. The third-order valence-electron chi connectivity index (χ3n) is 1.80. The minimum atomic E-state index is 0.546. The van der Waals surface area contributed by atoms with Crippen LogP contribution >= 0.6 is 0 Å². The molecule has 0 saturated carbocycles. The van der Waals surface area contributed by atoms with Gasteiger partial charge in [-0.15, -0.1) is 0 Å². The molecule has 0 aliphatic carbocycles. The molecule has 0 spiro atoms. The summed E-state index contributed by atoms with van der Waals surface area (Å²) in [7, 11) is 0. The van der Waals surface area contributed by atoms with E-state index in [9.17, 15) is 0 Å². The van der Waals surface area contributed by atoms with Gasteiger partial charge >= 0.3 is 0 Å². The lowest BCUT2D eigenvalue weighted by molar-refractivity contribution is 0.111. The Hall–Kier alpha value is -0.0400. The Bertz CT molecular complexity index is 62.2. The minimum Gasteiger partial charge on any atom is -0.375 e. The fourth-order valence-electron chi connectivity index (χ4n) is 1.38. The van der Waals surface area contributed by atoms with Crippen molar-refractivity contribution < 1.29 is 4.74 Å². The second-order valence-corrected chi connectivity index (χ2v) is 2.35. The maximum atomic E-state index is 5.42. The van der Waals surface area contributed by atoms with Crippen LogP contribution in [0.15, 0.2) is 0 Å². The summed E-state index contributed by atoms with van der Waals surface area (Å²) in [6.07, 6.45) is 7.25. The highest BCUT2D eigenvalue weighted by molar-refractivity contribution is 4.94. The first-order valence-corrected chi connectivity index (χ1v) is 2.94. The van der Waals surface area contributed by atoms with Crippen molar-refractivity contribution in [3.63, 3.8) is 0 Å². The minimum absolute atomic E-state index is 0.546. The lowest BCUT2D eigenvalue weighted by atomic mass is 10.0. The summed E-state index contributed by atoms with van der Waals surface area (Å²) >= 11 is 0. The van der Waals surface area contributed by atoms with Crippen molar-refractivity contribution in [1.29, 1.82) is 0 Å². The smallest absolute Gasteiger partial charge is 0.0612 e. The van der Waals surface area contributed by atoms with Crippen molar-refractivity contribution in [2.24, 2.45) is 0 Å². The van der Waals surface area contributed by atoms with E-state index in [0.29, 0.717) is 12.2 Å². The largest absolute Gasteiger partial charge is 0.375 e. The highest BCUT2D eigenvalue weighted by Gasteiger charge is 2.31. The van der Waals surface area contributed by atoms with E-state index in [0.717, 1.165) is 0 Å². The molecule has 7 heavy (non-hydrogen) atoms. The lowest BCUT2D eigenvalue weighted by Crippen LogP contribution is -1.99. The summed E-state index contributed by atoms with van der Waals surface area (Å²) in [4.78, 5) is 0. The van der Waals surface area contributed by atoms with Gasteiger partial charge in [-0.1, -0.05) is 0 Å². The normalized spacial score (nSPS) is 48.0. The van der Waals surface area contributed by atoms with Gasteiger partial charge in [0.05, 0.1) is 12.2 Å². The predicted octanol–water partition coefficient (Wildman–Crippen LogP) is 1.14. The van der Waals surface area contributed by atoms with Crippen molar-refractivity contribution in [3.05, 3.63) is 6.42 Å². The topological polar surface area (TPSA) is 9.23 Å². The fourth-order valence-corrected chi connectivity index (χ4v) is 1.38. The summed E-state index contributed by atoms with van der Waals surface area (Å²) in [5.41, 5.74) is 0. The number of fused-ring (bicyclic) bond motifs is 2. The van der Waals surface area contributed by atoms with E-state index in [2.05, 4.69) is 6.42 Å². The van der Waals surface area contributed by atoms with Crippen molar-refractivity contribution >= 4 is 0 Å². The summed E-state index contributed by atoms with van der Waals surface area (Å²) in [6, 6.07) is 0. The molecule has 0 N–H and O–H groups in total. The average Bonchev–Trinajstić information content (AvgIpc) is 2.22. The van der Waals surface area contributed by atoms with Gasteiger partial charge in [0.1, 0.15) is 0 Å². The zero-order valence-electron chi connectivity index (χ0n) is 4.26. The molecule has 1 nitrogen and oxygen atoms in total. The second-order valence-electron chi connectivity index (χ2n) is 2.35.